The van der Waals surface area contributed by atoms with Crippen molar-refractivity contribution in [3.8, 4) is 0 Å². The topological polar surface area (TPSA) is 101 Å². The monoisotopic (exact) mass is 567 g/mol. The van der Waals surface area contributed by atoms with Crippen LogP contribution in [0.4, 0.5) is 0 Å². The predicted molar refractivity (Wildman–Crippen MR) is 142 cm³/mol. The van der Waals surface area contributed by atoms with Crippen LogP contribution in [0.1, 0.15) is 63.3 Å². The maximum absolute atomic E-state index is 14.0. The first-order valence-electron chi connectivity index (χ1n) is 12.3. The van der Waals surface area contributed by atoms with E-state index in [1.54, 1.807) is 68.1 Å². The summed E-state index contributed by atoms with van der Waals surface area (Å²) < 4.78 is 33.0. The van der Waals surface area contributed by atoms with E-state index in [1.807, 2.05) is 6.07 Å². The fourth-order valence-corrected chi connectivity index (χ4v) is 7.15. The van der Waals surface area contributed by atoms with Gasteiger partial charge in [-0.15, -0.1) is 0 Å². The Morgan fingerprint density at radius 3 is 2.24 bits per heavy atom. The summed E-state index contributed by atoms with van der Waals surface area (Å²) in [5, 5.41) is 9.05. The number of rotatable bonds is 9. The highest BCUT2D eigenvalue weighted by atomic mass is 35.5. The SMILES string of the molecule is CC(C)S(=O)(=O)C(C)C(C1CC1)N1C(=O)C(CC(=O)O)OC(c2cccc(Cl)c2)C1c1ccc(Cl)cc1. The number of carbonyl (C=O) groups excluding carboxylic acids is 1. The number of carboxylic acids is 1. The Balaban J connectivity index is 1.93. The first kappa shape index (κ1) is 27.9. The highest BCUT2D eigenvalue weighted by Gasteiger charge is 2.54. The molecule has 1 aliphatic carbocycles. The molecule has 10 heteroatoms. The van der Waals surface area contributed by atoms with Crippen molar-refractivity contribution < 1.29 is 27.9 Å². The van der Waals surface area contributed by atoms with Gasteiger partial charge in [-0.3, -0.25) is 9.59 Å². The predicted octanol–water partition coefficient (Wildman–Crippen LogP) is 5.47. The smallest absolute Gasteiger partial charge is 0.306 e. The van der Waals surface area contributed by atoms with Crippen molar-refractivity contribution in [1.82, 2.24) is 4.90 Å². The van der Waals surface area contributed by atoms with Gasteiger partial charge in [0.2, 0.25) is 0 Å². The number of carboxylic acid groups (broad SMARTS) is 1. The van der Waals surface area contributed by atoms with Crippen molar-refractivity contribution in [3.05, 3.63) is 69.7 Å². The van der Waals surface area contributed by atoms with E-state index < -0.39 is 62.9 Å². The van der Waals surface area contributed by atoms with Gasteiger partial charge in [-0.05, 0) is 74.9 Å². The van der Waals surface area contributed by atoms with Gasteiger partial charge in [-0.2, -0.15) is 0 Å². The van der Waals surface area contributed by atoms with Gasteiger partial charge in [0, 0.05) is 10.0 Å². The third kappa shape index (κ3) is 5.82. The Hall–Kier alpha value is -2.13. The summed E-state index contributed by atoms with van der Waals surface area (Å²) in [4.78, 5) is 27.3. The van der Waals surface area contributed by atoms with Crippen LogP contribution in [0.2, 0.25) is 10.0 Å². The highest BCUT2D eigenvalue weighted by Crippen LogP contribution is 2.49. The third-order valence-electron chi connectivity index (χ3n) is 7.26. The van der Waals surface area contributed by atoms with Gasteiger partial charge in [0.1, 0.15) is 12.2 Å². The quantitative estimate of drug-likeness (QED) is 0.431. The van der Waals surface area contributed by atoms with Gasteiger partial charge >= 0.3 is 5.97 Å². The second-order valence-corrected chi connectivity index (χ2v) is 13.8. The number of nitrogens with zero attached hydrogens (tertiary/aromatic N) is 1. The fourth-order valence-electron chi connectivity index (χ4n) is 5.22. The Kier molecular flexibility index (Phi) is 8.24. The lowest BCUT2D eigenvalue weighted by molar-refractivity contribution is -0.184. The van der Waals surface area contributed by atoms with E-state index in [1.165, 1.54) is 0 Å². The molecule has 1 saturated heterocycles. The van der Waals surface area contributed by atoms with Crippen LogP contribution < -0.4 is 0 Å². The number of carbonyl (C=O) groups is 2. The molecule has 1 N–H and O–H groups in total. The Labute approximate surface area is 227 Å². The lowest BCUT2D eigenvalue weighted by atomic mass is 9.88. The molecular weight excluding hydrogens is 537 g/mol. The lowest BCUT2D eigenvalue weighted by Crippen LogP contribution is -2.59. The molecule has 1 saturated carbocycles. The largest absolute Gasteiger partial charge is 0.481 e. The molecule has 0 aromatic heterocycles. The van der Waals surface area contributed by atoms with E-state index in [0.717, 1.165) is 12.8 Å². The second-order valence-electron chi connectivity index (χ2n) is 10.1. The molecule has 0 spiro atoms. The van der Waals surface area contributed by atoms with Gasteiger partial charge in [-0.25, -0.2) is 8.42 Å². The zero-order chi connectivity index (χ0) is 27.1. The second kappa shape index (κ2) is 10.9. The van der Waals surface area contributed by atoms with Crippen molar-refractivity contribution in [2.24, 2.45) is 5.92 Å². The van der Waals surface area contributed by atoms with Gasteiger partial charge in [0.25, 0.3) is 5.91 Å². The maximum atomic E-state index is 14.0. The summed E-state index contributed by atoms with van der Waals surface area (Å²) in [6.07, 6.45) is -1.03. The van der Waals surface area contributed by atoms with Gasteiger partial charge in [0.05, 0.1) is 29.0 Å². The van der Waals surface area contributed by atoms with Crippen molar-refractivity contribution in [1.29, 1.82) is 0 Å². The van der Waals surface area contributed by atoms with Crippen LogP contribution in [0.5, 0.6) is 0 Å². The molecule has 1 amide bonds. The van der Waals surface area contributed by atoms with Crippen molar-refractivity contribution in [2.45, 2.75) is 74.8 Å². The molecule has 5 atom stereocenters. The van der Waals surface area contributed by atoms with E-state index in [9.17, 15) is 23.1 Å². The lowest BCUT2D eigenvalue weighted by Gasteiger charge is -2.49. The van der Waals surface area contributed by atoms with Crippen LogP contribution in [0.15, 0.2) is 48.5 Å². The van der Waals surface area contributed by atoms with E-state index in [2.05, 4.69) is 0 Å². The summed E-state index contributed by atoms with van der Waals surface area (Å²) in [5.74, 6) is -1.73. The number of halogens is 2. The molecule has 200 valence electrons. The first-order valence-corrected chi connectivity index (χ1v) is 14.7. The molecule has 2 aromatic carbocycles. The summed E-state index contributed by atoms with van der Waals surface area (Å²) in [6.45, 7) is 4.92. The molecule has 1 aliphatic heterocycles. The molecule has 37 heavy (non-hydrogen) atoms. The molecule has 2 aliphatic rings. The first-order chi connectivity index (χ1) is 17.4. The molecule has 2 fully saturated rings. The van der Waals surface area contributed by atoms with Crippen molar-refractivity contribution >= 4 is 44.9 Å². The fraction of sp³-hybridized carbons (Fsp3) is 0.481. The van der Waals surface area contributed by atoms with Crippen LogP contribution in [-0.2, 0) is 24.2 Å². The normalized spacial score (nSPS) is 24.2. The summed E-state index contributed by atoms with van der Waals surface area (Å²) in [6, 6.07) is 12.6. The van der Waals surface area contributed by atoms with Crippen LogP contribution >= 0.6 is 23.2 Å². The summed E-state index contributed by atoms with van der Waals surface area (Å²) in [5.41, 5.74) is 1.37. The number of sulfone groups is 1. The van der Waals surface area contributed by atoms with E-state index >= 15 is 0 Å². The van der Waals surface area contributed by atoms with E-state index in [-0.39, 0.29) is 5.92 Å². The molecule has 4 rings (SSSR count). The number of morpholine rings is 1. The van der Waals surface area contributed by atoms with Gasteiger partial charge < -0.3 is 14.7 Å². The third-order valence-corrected chi connectivity index (χ3v) is 10.4. The number of benzene rings is 2. The Morgan fingerprint density at radius 1 is 1.05 bits per heavy atom. The van der Waals surface area contributed by atoms with E-state index in [0.29, 0.717) is 21.2 Å². The number of hydrogen-bond donors (Lipinski definition) is 1. The standard InChI is InChI=1S/C27H31Cl2NO6S/c1-15(2)37(34,35)16(3)24(17-7-8-17)30-25(18-9-11-20(28)12-10-18)26(19-5-4-6-21(29)13-19)36-22(27(30)33)14-23(31)32/h4-6,9-13,15-17,22,24-26H,7-8,14H2,1-3H3,(H,31,32). The highest BCUT2D eigenvalue weighted by molar-refractivity contribution is 7.92. The van der Waals surface area contributed by atoms with Gasteiger partial charge in [-0.1, -0.05) is 47.5 Å². The van der Waals surface area contributed by atoms with Crippen molar-refractivity contribution in [3.63, 3.8) is 0 Å². The minimum Gasteiger partial charge on any atom is -0.481 e. The average molecular weight is 569 g/mol. The zero-order valence-electron chi connectivity index (χ0n) is 20.9. The van der Waals surface area contributed by atoms with Crippen LogP contribution in [0.25, 0.3) is 0 Å². The minimum absolute atomic E-state index is 0.0223. The molecule has 2 aromatic rings. The maximum Gasteiger partial charge on any atom is 0.306 e. The number of amides is 1. The van der Waals surface area contributed by atoms with Crippen LogP contribution in [-0.4, -0.2) is 52.9 Å². The number of ether oxygens (including phenoxy) is 1. The zero-order valence-corrected chi connectivity index (χ0v) is 23.2. The molecule has 7 nitrogen and oxygen atoms in total. The Morgan fingerprint density at radius 2 is 1.70 bits per heavy atom. The Bertz CT molecular complexity index is 1260. The average Bonchev–Trinajstić information content (AvgIpc) is 3.66. The molecule has 5 unspecified atom stereocenters. The molecule has 1 heterocycles. The summed E-state index contributed by atoms with van der Waals surface area (Å²) >= 11 is 12.5. The molecular formula is C27H31Cl2NO6S. The van der Waals surface area contributed by atoms with E-state index in [4.69, 9.17) is 27.9 Å². The van der Waals surface area contributed by atoms with Crippen molar-refractivity contribution in [2.75, 3.05) is 0 Å². The molecule has 0 radical (unpaired) electrons. The van der Waals surface area contributed by atoms with Crippen LogP contribution in [0, 0.1) is 5.92 Å². The molecule has 0 bridgehead atoms. The summed E-state index contributed by atoms with van der Waals surface area (Å²) in [7, 11) is -3.59. The number of hydrogen-bond acceptors (Lipinski definition) is 5. The van der Waals surface area contributed by atoms with Gasteiger partial charge in [0.15, 0.2) is 9.84 Å². The number of aliphatic carboxylic acids is 1. The minimum atomic E-state index is -3.59. The van der Waals surface area contributed by atoms with Crippen LogP contribution in [0.3, 0.4) is 0 Å².